The zero-order chi connectivity index (χ0) is 35.7. The standard InChI is InChI=1S/C46H50N4/c1-31-11-19-39(20-12-31)47(9)43-27-35(5)37(7)29-45(43)49(41-23-15-33(3)16-24-41)50(42-25-17-34(4)18-26-42)46-30-38(8)36(6)28-44(46)48(10)40-21-13-32(2)14-22-40/h11-30H,1-10H3. The van der Waals surface area contributed by atoms with Crippen LogP contribution in [0.2, 0.25) is 0 Å². The van der Waals surface area contributed by atoms with Crippen LogP contribution in [0.4, 0.5) is 45.5 Å². The smallest absolute Gasteiger partial charge is 0.0876 e. The Hall–Kier alpha value is -5.48. The topological polar surface area (TPSA) is 13.0 Å². The lowest BCUT2D eigenvalue weighted by molar-refractivity contribution is 0.972. The van der Waals surface area contributed by atoms with Crippen LogP contribution in [0.3, 0.4) is 0 Å². The zero-order valence-electron chi connectivity index (χ0n) is 31.3. The molecule has 0 saturated carbocycles. The predicted octanol–water partition coefficient (Wildman–Crippen LogP) is 12.6. The summed E-state index contributed by atoms with van der Waals surface area (Å²) in [4.78, 5) is 4.63. The highest BCUT2D eigenvalue weighted by Gasteiger charge is 2.29. The molecule has 0 fully saturated rings. The molecule has 0 amide bonds. The maximum atomic E-state index is 2.41. The minimum atomic E-state index is 1.07. The van der Waals surface area contributed by atoms with Crippen LogP contribution in [0.1, 0.15) is 44.5 Å². The summed E-state index contributed by atoms with van der Waals surface area (Å²) < 4.78 is 0. The Kier molecular flexibility index (Phi) is 9.74. The second-order valence-corrected chi connectivity index (χ2v) is 13.9. The Balaban J connectivity index is 1.69. The predicted molar refractivity (Wildman–Crippen MR) is 217 cm³/mol. The molecule has 4 nitrogen and oxygen atoms in total. The fourth-order valence-electron chi connectivity index (χ4n) is 6.36. The van der Waals surface area contributed by atoms with Gasteiger partial charge in [-0.2, -0.15) is 0 Å². The van der Waals surface area contributed by atoms with E-state index in [1.165, 1.54) is 44.5 Å². The number of nitrogens with zero attached hydrogens (tertiary/aromatic N) is 4. The second kappa shape index (κ2) is 14.2. The third kappa shape index (κ3) is 6.97. The highest BCUT2D eigenvalue weighted by Crippen LogP contribution is 2.47. The first kappa shape index (κ1) is 34.4. The van der Waals surface area contributed by atoms with Crippen LogP contribution in [0.5, 0.6) is 0 Å². The maximum absolute atomic E-state index is 2.41. The normalized spacial score (nSPS) is 11.0. The number of anilines is 8. The van der Waals surface area contributed by atoms with Gasteiger partial charge in [-0.25, -0.2) is 10.0 Å². The molecule has 6 rings (SSSR count). The van der Waals surface area contributed by atoms with Gasteiger partial charge in [0.05, 0.1) is 34.1 Å². The Morgan fingerprint density at radius 2 is 0.500 bits per heavy atom. The third-order valence-corrected chi connectivity index (χ3v) is 9.96. The second-order valence-electron chi connectivity index (χ2n) is 13.9. The molecular weight excluding hydrogens is 609 g/mol. The summed E-state index contributed by atoms with van der Waals surface area (Å²) >= 11 is 0. The van der Waals surface area contributed by atoms with Crippen molar-refractivity contribution in [3.05, 3.63) is 166 Å². The third-order valence-electron chi connectivity index (χ3n) is 9.96. The first-order valence-corrected chi connectivity index (χ1v) is 17.5. The van der Waals surface area contributed by atoms with Gasteiger partial charge in [-0.15, -0.1) is 0 Å². The van der Waals surface area contributed by atoms with Crippen molar-refractivity contribution in [1.29, 1.82) is 0 Å². The summed E-state index contributed by atoms with van der Waals surface area (Å²) in [6, 6.07) is 44.7. The van der Waals surface area contributed by atoms with Crippen LogP contribution < -0.4 is 19.8 Å². The van der Waals surface area contributed by atoms with Gasteiger partial charge in [0.2, 0.25) is 0 Å². The van der Waals surface area contributed by atoms with Gasteiger partial charge in [-0.1, -0.05) is 70.8 Å². The van der Waals surface area contributed by atoms with Crippen LogP contribution in [0.25, 0.3) is 0 Å². The number of hydrazine groups is 1. The van der Waals surface area contributed by atoms with E-state index >= 15 is 0 Å². The van der Waals surface area contributed by atoms with Gasteiger partial charge < -0.3 is 9.80 Å². The molecule has 0 saturated heterocycles. The van der Waals surface area contributed by atoms with Gasteiger partial charge in [0.25, 0.3) is 0 Å². The summed E-state index contributed by atoms with van der Waals surface area (Å²) in [5, 5.41) is 4.82. The molecule has 0 aliphatic heterocycles. The molecule has 4 heteroatoms. The monoisotopic (exact) mass is 658 g/mol. The molecule has 50 heavy (non-hydrogen) atoms. The van der Waals surface area contributed by atoms with Gasteiger partial charge in [-0.3, -0.25) is 0 Å². The van der Waals surface area contributed by atoms with Gasteiger partial charge in [0.15, 0.2) is 0 Å². The number of benzene rings is 6. The number of hydrogen-bond acceptors (Lipinski definition) is 4. The zero-order valence-corrected chi connectivity index (χ0v) is 31.3. The molecule has 0 unspecified atom stereocenters. The minimum Gasteiger partial charge on any atom is -0.343 e. The van der Waals surface area contributed by atoms with Crippen molar-refractivity contribution in [2.75, 3.05) is 33.9 Å². The fourth-order valence-corrected chi connectivity index (χ4v) is 6.36. The number of rotatable bonds is 9. The lowest BCUT2D eigenvalue weighted by Gasteiger charge is -2.42. The first-order valence-electron chi connectivity index (χ1n) is 17.5. The van der Waals surface area contributed by atoms with Crippen molar-refractivity contribution in [3.63, 3.8) is 0 Å². The first-order chi connectivity index (χ1) is 23.9. The molecule has 0 spiro atoms. The van der Waals surface area contributed by atoms with Gasteiger partial charge in [-0.05, 0) is 150 Å². The van der Waals surface area contributed by atoms with Crippen molar-refractivity contribution in [1.82, 2.24) is 0 Å². The summed E-state index contributed by atoms with van der Waals surface area (Å²) in [5.74, 6) is 0. The average molecular weight is 659 g/mol. The van der Waals surface area contributed by atoms with Crippen molar-refractivity contribution in [2.24, 2.45) is 0 Å². The molecular formula is C46H50N4. The molecule has 0 heterocycles. The summed E-state index contributed by atoms with van der Waals surface area (Å²) in [7, 11) is 4.35. The molecule has 0 atom stereocenters. The highest BCUT2D eigenvalue weighted by atomic mass is 15.6. The van der Waals surface area contributed by atoms with Crippen LogP contribution in [-0.2, 0) is 0 Å². The minimum absolute atomic E-state index is 1.07. The summed E-state index contributed by atoms with van der Waals surface area (Å²) in [6.45, 7) is 17.4. The van der Waals surface area contributed by atoms with Crippen LogP contribution >= 0.6 is 0 Å². The van der Waals surface area contributed by atoms with E-state index in [4.69, 9.17) is 0 Å². The van der Waals surface area contributed by atoms with Gasteiger partial charge in [0.1, 0.15) is 0 Å². The summed E-state index contributed by atoms with van der Waals surface area (Å²) in [5.41, 5.74) is 18.7. The molecule has 6 aromatic rings. The van der Waals surface area contributed by atoms with E-state index in [9.17, 15) is 0 Å². The van der Waals surface area contributed by atoms with Crippen LogP contribution in [-0.4, -0.2) is 14.1 Å². The Labute approximate surface area is 299 Å². The maximum Gasteiger partial charge on any atom is 0.0876 e. The van der Waals surface area contributed by atoms with E-state index < -0.39 is 0 Å². The molecule has 6 aromatic carbocycles. The highest BCUT2D eigenvalue weighted by molar-refractivity contribution is 5.91. The Bertz CT molecular complexity index is 1940. The van der Waals surface area contributed by atoms with E-state index in [1.54, 1.807) is 0 Å². The van der Waals surface area contributed by atoms with E-state index in [1.807, 2.05) is 0 Å². The van der Waals surface area contributed by atoms with E-state index in [0.29, 0.717) is 0 Å². The quantitative estimate of drug-likeness (QED) is 0.143. The molecule has 0 aliphatic carbocycles. The molecule has 0 aromatic heterocycles. The SMILES string of the molecule is Cc1ccc(N(C)c2cc(C)c(C)cc2N(c2ccc(C)cc2)N(c2ccc(C)cc2)c2cc(C)c(C)cc2N(C)c2ccc(C)cc2)cc1. The molecule has 0 bridgehead atoms. The van der Waals surface area contributed by atoms with Crippen LogP contribution in [0.15, 0.2) is 121 Å². The van der Waals surface area contributed by atoms with Crippen molar-refractivity contribution in [3.8, 4) is 0 Å². The van der Waals surface area contributed by atoms with E-state index in [0.717, 1.165) is 45.5 Å². The Morgan fingerprint density at radius 1 is 0.280 bits per heavy atom. The fraction of sp³-hybridized carbons (Fsp3) is 0.217. The lowest BCUT2D eigenvalue weighted by Crippen LogP contribution is -2.37. The van der Waals surface area contributed by atoms with Gasteiger partial charge >= 0.3 is 0 Å². The van der Waals surface area contributed by atoms with Gasteiger partial charge in [0, 0.05) is 25.5 Å². The van der Waals surface area contributed by atoms with Crippen molar-refractivity contribution >= 4 is 45.5 Å². The largest absolute Gasteiger partial charge is 0.343 e. The molecule has 0 aliphatic rings. The average Bonchev–Trinajstić information content (AvgIpc) is 3.10. The van der Waals surface area contributed by atoms with Crippen molar-refractivity contribution in [2.45, 2.75) is 55.4 Å². The lowest BCUT2D eigenvalue weighted by atomic mass is 10.0. The molecule has 0 radical (unpaired) electrons. The van der Waals surface area contributed by atoms with Crippen LogP contribution in [0, 0.1) is 55.4 Å². The summed E-state index contributed by atoms with van der Waals surface area (Å²) in [6.07, 6.45) is 0. The molecule has 254 valence electrons. The van der Waals surface area contributed by atoms with Crippen molar-refractivity contribution < 1.29 is 0 Å². The van der Waals surface area contributed by atoms with E-state index in [2.05, 4.69) is 211 Å². The Morgan fingerprint density at radius 3 is 0.760 bits per heavy atom. The van der Waals surface area contributed by atoms with E-state index in [-0.39, 0.29) is 0 Å². The molecule has 0 N–H and O–H groups in total. The number of hydrogen-bond donors (Lipinski definition) is 0. The number of aryl methyl sites for hydroxylation is 8.